The fourth-order valence-corrected chi connectivity index (χ4v) is 2.83. The molecule has 0 spiro atoms. The topological polar surface area (TPSA) is 52.0 Å². The van der Waals surface area contributed by atoms with Crippen LogP contribution in [0.2, 0.25) is 0 Å². The molecule has 2 heteroatoms. The lowest BCUT2D eigenvalue weighted by Crippen LogP contribution is -2.03. The summed E-state index contributed by atoms with van der Waals surface area (Å²) in [4.78, 5) is 0. The van der Waals surface area contributed by atoms with E-state index in [1.54, 1.807) is 0 Å². The minimum atomic E-state index is 0.790. The second kappa shape index (κ2) is 4.61. The van der Waals surface area contributed by atoms with Crippen molar-refractivity contribution < 1.29 is 0 Å². The van der Waals surface area contributed by atoms with E-state index >= 15 is 0 Å². The van der Waals surface area contributed by atoms with Crippen molar-refractivity contribution in [2.24, 2.45) is 0 Å². The lowest BCUT2D eigenvalue weighted by atomic mass is 9.90. The quantitative estimate of drug-likeness (QED) is 0.754. The summed E-state index contributed by atoms with van der Waals surface area (Å²) in [5, 5.41) is 0. The fourth-order valence-electron chi connectivity index (χ4n) is 2.83. The maximum Gasteiger partial charge on any atom is 0.0444 e. The van der Waals surface area contributed by atoms with Crippen molar-refractivity contribution >= 4 is 11.4 Å². The van der Waals surface area contributed by atoms with Crippen LogP contribution in [0.5, 0.6) is 0 Å². The van der Waals surface area contributed by atoms with Crippen LogP contribution in [-0.4, -0.2) is 0 Å². The summed E-state index contributed by atoms with van der Waals surface area (Å²) >= 11 is 0. The highest BCUT2D eigenvalue weighted by atomic mass is 14.6. The predicted octanol–water partition coefficient (Wildman–Crippen LogP) is 4.06. The zero-order valence-electron chi connectivity index (χ0n) is 12.4. The van der Waals surface area contributed by atoms with E-state index < -0.39 is 0 Å². The van der Waals surface area contributed by atoms with Crippen molar-refractivity contribution in [1.29, 1.82) is 0 Å². The first kappa shape index (κ1) is 13.5. The monoisotopic (exact) mass is 254 g/mol. The third-order valence-electron chi connectivity index (χ3n) is 3.83. The Balaban J connectivity index is 2.80. The predicted molar refractivity (Wildman–Crippen MR) is 84.4 cm³/mol. The summed E-state index contributed by atoms with van der Waals surface area (Å²) < 4.78 is 0. The highest BCUT2D eigenvalue weighted by Crippen LogP contribution is 2.37. The van der Waals surface area contributed by atoms with Gasteiger partial charge in [0.15, 0.2) is 0 Å². The molecule has 0 saturated heterocycles. The largest absolute Gasteiger partial charge is 0.398 e. The molecule has 0 unspecified atom stereocenters. The molecular weight excluding hydrogens is 232 g/mol. The van der Waals surface area contributed by atoms with Gasteiger partial charge in [0.1, 0.15) is 0 Å². The molecule has 0 aliphatic heterocycles. The molecule has 0 radical (unpaired) electrons. The first-order valence-corrected chi connectivity index (χ1v) is 6.56. The van der Waals surface area contributed by atoms with Crippen molar-refractivity contribution in [2.75, 3.05) is 11.5 Å². The molecule has 0 bridgehead atoms. The summed E-state index contributed by atoms with van der Waals surface area (Å²) in [7, 11) is 0. The Labute approximate surface area is 115 Å². The molecule has 0 amide bonds. The van der Waals surface area contributed by atoms with Crippen LogP contribution in [0.15, 0.2) is 18.2 Å². The zero-order valence-corrected chi connectivity index (χ0v) is 12.4. The molecule has 2 aromatic rings. The van der Waals surface area contributed by atoms with Gasteiger partial charge in [-0.15, -0.1) is 0 Å². The number of nitrogens with two attached hydrogens (primary N) is 2. The molecule has 0 heterocycles. The van der Waals surface area contributed by atoms with E-state index in [-0.39, 0.29) is 0 Å². The third-order valence-corrected chi connectivity index (χ3v) is 3.83. The molecule has 2 aromatic carbocycles. The maximum atomic E-state index is 6.28. The highest BCUT2D eigenvalue weighted by molar-refractivity contribution is 5.86. The number of aryl methyl sites for hydroxylation is 4. The average Bonchev–Trinajstić information content (AvgIpc) is 2.31. The number of benzene rings is 2. The van der Waals surface area contributed by atoms with E-state index in [0.29, 0.717) is 0 Å². The molecule has 2 rings (SSSR count). The van der Waals surface area contributed by atoms with Crippen LogP contribution in [0.1, 0.15) is 27.8 Å². The summed E-state index contributed by atoms with van der Waals surface area (Å²) in [6, 6.07) is 6.49. The molecule has 0 fully saturated rings. The fraction of sp³-hybridized carbons (Fsp3) is 0.294. The number of hydrogen-bond acceptors (Lipinski definition) is 2. The third kappa shape index (κ3) is 2.19. The van der Waals surface area contributed by atoms with Gasteiger partial charge in [0.05, 0.1) is 0 Å². The normalized spacial score (nSPS) is 10.8. The van der Waals surface area contributed by atoms with Crippen molar-refractivity contribution in [3.63, 3.8) is 0 Å². The summed E-state index contributed by atoms with van der Waals surface area (Å²) in [6.07, 6.45) is 0. The van der Waals surface area contributed by atoms with Crippen molar-refractivity contribution in [3.05, 3.63) is 46.0 Å². The first-order valence-electron chi connectivity index (χ1n) is 6.56. The van der Waals surface area contributed by atoms with Crippen LogP contribution in [0.4, 0.5) is 11.4 Å². The minimum Gasteiger partial charge on any atom is -0.398 e. The van der Waals surface area contributed by atoms with Crippen LogP contribution >= 0.6 is 0 Å². The second-order valence-corrected chi connectivity index (χ2v) is 5.47. The van der Waals surface area contributed by atoms with E-state index in [4.69, 9.17) is 11.5 Å². The minimum absolute atomic E-state index is 0.790. The Bertz CT molecular complexity index is 632. The average molecular weight is 254 g/mol. The Morgan fingerprint density at radius 3 is 1.74 bits per heavy atom. The van der Waals surface area contributed by atoms with Crippen LogP contribution in [0.25, 0.3) is 11.1 Å². The summed E-state index contributed by atoms with van der Waals surface area (Å²) in [5.41, 5.74) is 22.1. The Hall–Kier alpha value is -1.96. The molecule has 0 aliphatic rings. The van der Waals surface area contributed by atoms with Gasteiger partial charge < -0.3 is 11.5 Å². The molecule has 0 atom stereocenters. The van der Waals surface area contributed by atoms with Crippen LogP contribution in [-0.2, 0) is 0 Å². The Kier molecular flexibility index (Phi) is 3.27. The van der Waals surface area contributed by atoms with E-state index in [1.807, 2.05) is 13.8 Å². The zero-order chi connectivity index (χ0) is 14.3. The molecule has 2 nitrogen and oxygen atoms in total. The van der Waals surface area contributed by atoms with Gasteiger partial charge in [-0.2, -0.15) is 0 Å². The molecular formula is C17H22N2. The van der Waals surface area contributed by atoms with E-state index in [2.05, 4.69) is 39.0 Å². The number of hydrogen-bond donors (Lipinski definition) is 2. The van der Waals surface area contributed by atoms with Gasteiger partial charge in [-0.3, -0.25) is 0 Å². The van der Waals surface area contributed by atoms with Gasteiger partial charge >= 0.3 is 0 Å². The summed E-state index contributed by atoms with van der Waals surface area (Å²) in [6.45, 7) is 10.4. The van der Waals surface area contributed by atoms with Crippen molar-refractivity contribution in [1.82, 2.24) is 0 Å². The van der Waals surface area contributed by atoms with Crippen LogP contribution in [0, 0.1) is 34.6 Å². The molecule has 19 heavy (non-hydrogen) atoms. The van der Waals surface area contributed by atoms with Crippen molar-refractivity contribution in [3.8, 4) is 11.1 Å². The van der Waals surface area contributed by atoms with Gasteiger partial charge in [-0.25, -0.2) is 0 Å². The van der Waals surface area contributed by atoms with Gasteiger partial charge in [0.25, 0.3) is 0 Å². The van der Waals surface area contributed by atoms with Gasteiger partial charge in [0, 0.05) is 16.9 Å². The van der Waals surface area contributed by atoms with Crippen molar-refractivity contribution in [2.45, 2.75) is 34.6 Å². The molecule has 0 aromatic heterocycles. The Morgan fingerprint density at radius 1 is 0.684 bits per heavy atom. The number of rotatable bonds is 1. The maximum absolute atomic E-state index is 6.28. The standard InChI is InChI=1S/C17H22N2/c1-9-6-10(2)15(11(3)7-9)14-8-12(4)16(18)13(5)17(14)19/h6-8H,18-19H2,1-5H3. The smallest absolute Gasteiger partial charge is 0.0444 e. The van der Waals surface area contributed by atoms with Gasteiger partial charge in [0.2, 0.25) is 0 Å². The second-order valence-electron chi connectivity index (χ2n) is 5.47. The lowest BCUT2D eigenvalue weighted by molar-refractivity contribution is 1.31. The van der Waals surface area contributed by atoms with E-state index in [0.717, 1.165) is 28.1 Å². The molecule has 100 valence electrons. The first-order chi connectivity index (χ1) is 8.82. The SMILES string of the molecule is Cc1cc(C)c(-c2cc(C)c(N)c(C)c2N)c(C)c1. The van der Waals surface area contributed by atoms with Gasteiger partial charge in [-0.1, -0.05) is 17.7 Å². The number of nitrogen functional groups attached to an aromatic ring is 2. The molecule has 4 N–H and O–H groups in total. The lowest BCUT2D eigenvalue weighted by Gasteiger charge is -2.18. The van der Waals surface area contributed by atoms with E-state index in [1.165, 1.54) is 22.3 Å². The van der Waals surface area contributed by atoms with Gasteiger partial charge in [-0.05, 0) is 68.5 Å². The molecule has 0 saturated carbocycles. The van der Waals surface area contributed by atoms with Crippen LogP contribution < -0.4 is 11.5 Å². The summed E-state index contributed by atoms with van der Waals surface area (Å²) in [5.74, 6) is 0. The molecule has 0 aliphatic carbocycles. The number of anilines is 2. The van der Waals surface area contributed by atoms with Crippen LogP contribution in [0.3, 0.4) is 0 Å². The highest BCUT2D eigenvalue weighted by Gasteiger charge is 2.14. The Morgan fingerprint density at radius 2 is 1.21 bits per heavy atom. The van der Waals surface area contributed by atoms with E-state index in [9.17, 15) is 0 Å².